The number of hydrogen-bond acceptors (Lipinski definition) is 1. The van der Waals surface area contributed by atoms with E-state index in [-0.39, 0.29) is 11.5 Å². The van der Waals surface area contributed by atoms with Crippen LogP contribution in [-0.4, -0.2) is 5.11 Å². The van der Waals surface area contributed by atoms with Gasteiger partial charge in [-0.3, -0.25) is 0 Å². The molecule has 0 aliphatic rings. The molecule has 1 nitrogen and oxygen atoms in total. The zero-order chi connectivity index (χ0) is 11.3. The molecule has 1 aromatic rings. The summed E-state index contributed by atoms with van der Waals surface area (Å²) in [7, 11) is 0. The molecule has 0 aromatic heterocycles. The minimum atomic E-state index is -0.384. The van der Waals surface area contributed by atoms with Crippen LogP contribution in [0.2, 0.25) is 0 Å². The van der Waals surface area contributed by atoms with E-state index in [4.69, 9.17) is 0 Å². The Morgan fingerprint density at radius 2 is 1.80 bits per heavy atom. The van der Waals surface area contributed by atoms with Crippen LogP contribution >= 0.6 is 0 Å². The molecule has 0 radical (unpaired) electrons. The summed E-state index contributed by atoms with van der Waals surface area (Å²) in [6.07, 6.45) is 4.49. The van der Waals surface area contributed by atoms with Gasteiger partial charge >= 0.3 is 0 Å². The number of aliphatic hydroxyl groups is 1. The molecule has 15 heavy (non-hydrogen) atoms. The molecule has 0 saturated heterocycles. The van der Waals surface area contributed by atoms with Crippen LogP contribution in [-0.2, 0) is 0 Å². The van der Waals surface area contributed by atoms with Gasteiger partial charge in [-0.25, -0.2) is 0 Å². The fourth-order valence-electron chi connectivity index (χ4n) is 1.36. The van der Waals surface area contributed by atoms with Crippen LogP contribution in [0.4, 0.5) is 0 Å². The molecule has 1 unspecified atom stereocenters. The third-order valence-electron chi connectivity index (χ3n) is 2.16. The first kappa shape index (κ1) is 12.0. The quantitative estimate of drug-likeness (QED) is 0.744. The number of benzene rings is 1. The smallest absolute Gasteiger partial charge is 0.0824 e. The third-order valence-corrected chi connectivity index (χ3v) is 2.16. The molecule has 0 amide bonds. The van der Waals surface area contributed by atoms with Gasteiger partial charge in [0.1, 0.15) is 0 Å². The van der Waals surface area contributed by atoms with Gasteiger partial charge in [0, 0.05) is 0 Å². The average Bonchev–Trinajstić information content (AvgIpc) is 2.17. The first-order chi connectivity index (χ1) is 6.99. The van der Waals surface area contributed by atoms with Crippen LogP contribution in [0, 0.1) is 5.41 Å². The van der Waals surface area contributed by atoms with Crippen LogP contribution in [0.3, 0.4) is 0 Å². The highest BCUT2D eigenvalue weighted by Crippen LogP contribution is 2.19. The molecule has 1 aromatic carbocycles. The zero-order valence-electron chi connectivity index (χ0n) is 9.77. The minimum Gasteiger partial charge on any atom is -0.388 e. The maximum absolute atomic E-state index is 9.87. The van der Waals surface area contributed by atoms with E-state index < -0.39 is 0 Å². The summed E-state index contributed by atoms with van der Waals surface area (Å²) in [4.78, 5) is 0. The van der Waals surface area contributed by atoms with Crippen molar-refractivity contribution < 1.29 is 5.11 Å². The largest absolute Gasteiger partial charge is 0.388 e. The second-order valence-corrected chi connectivity index (χ2v) is 4.93. The minimum absolute atomic E-state index is 0.191. The van der Waals surface area contributed by atoms with E-state index in [0.29, 0.717) is 6.42 Å². The second-order valence-electron chi connectivity index (χ2n) is 4.93. The van der Waals surface area contributed by atoms with Crippen molar-refractivity contribution in [3.8, 4) is 0 Å². The van der Waals surface area contributed by atoms with Gasteiger partial charge in [0.2, 0.25) is 0 Å². The van der Waals surface area contributed by atoms with Crippen molar-refractivity contribution in [3.05, 3.63) is 48.0 Å². The normalized spacial score (nSPS) is 14.4. The van der Waals surface area contributed by atoms with E-state index in [1.165, 1.54) is 0 Å². The lowest BCUT2D eigenvalue weighted by atomic mass is 9.95. The van der Waals surface area contributed by atoms with E-state index >= 15 is 0 Å². The Morgan fingerprint density at radius 3 is 2.33 bits per heavy atom. The summed E-state index contributed by atoms with van der Waals surface area (Å²) in [5, 5.41) is 9.87. The second kappa shape index (κ2) is 5.13. The van der Waals surface area contributed by atoms with E-state index in [1.54, 1.807) is 0 Å². The summed E-state index contributed by atoms with van der Waals surface area (Å²) in [5.41, 5.74) is 1.17. The molecule has 1 heteroatoms. The Morgan fingerprint density at radius 1 is 1.20 bits per heavy atom. The predicted molar refractivity (Wildman–Crippen MR) is 64.6 cm³/mol. The summed E-state index contributed by atoms with van der Waals surface area (Å²) < 4.78 is 0. The van der Waals surface area contributed by atoms with Gasteiger partial charge in [-0.1, -0.05) is 63.3 Å². The molecule has 1 N–H and O–H groups in total. The molecule has 82 valence electrons. The first-order valence-corrected chi connectivity index (χ1v) is 5.40. The maximum atomic E-state index is 9.87. The number of allylic oxidation sites excluding steroid dienone is 1. The molecular formula is C14H20O. The van der Waals surface area contributed by atoms with Gasteiger partial charge in [0.25, 0.3) is 0 Å². The SMILES string of the molecule is CC(C)(C)/C=C/CC(O)c1ccccc1. The Kier molecular flexibility index (Phi) is 4.10. The summed E-state index contributed by atoms with van der Waals surface area (Å²) in [5.74, 6) is 0. The summed E-state index contributed by atoms with van der Waals surface area (Å²) in [6, 6.07) is 9.77. The van der Waals surface area contributed by atoms with Gasteiger partial charge < -0.3 is 5.11 Å². The van der Waals surface area contributed by atoms with Crippen molar-refractivity contribution in [2.45, 2.75) is 33.3 Å². The number of rotatable bonds is 3. The van der Waals surface area contributed by atoms with Gasteiger partial charge in [0.15, 0.2) is 0 Å². The average molecular weight is 204 g/mol. The van der Waals surface area contributed by atoms with Crippen molar-refractivity contribution in [2.24, 2.45) is 5.41 Å². The highest BCUT2D eigenvalue weighted by atomic mass is 16.3. The van der Waals surface area contributed by atoms with Crippen LogP contribution < -0.4 is 0 Å². The molecule has 1 atom stereocenters. The third kappa shape index (κ3) is 4.80. The Hall–Kier alpha value is -1.08. The van der Waals surface area contributed by atoms with Gasteiger partial charge in [-0.2, -0.15) is 0 Å². The lowest BCUT2D eigenvalue weighted by Gasteiger charge is -2.12. The standard InChI is InChI=1S/C14H20O/c1-14(2,3)11-7-10-13(15)12-8-5-4-6-9-12/h4-9,11,13,15H,10H2,1-3H3/b11-7+. The molecule has 0 aliphatic carbocycles. The molecule has 0 aliphatic heterocycles. The fraction of sp³-hybridized carbons (Fsp3) is 0.429. The van der Waals surface area contributed by atoms with Crippen LogP contribution in [0.5, 0.6) is 0 Å². The Bertz CT molecular complexity index is 306. The highest BCUT2D eigenvalue weighted by Gasteiger charge is 2.06. The van der Waals surface area contributed by atoms with E-state index in [9.17, 15) is 5.11 Å². The number of hydrogen-bond donors (Lipinski definition) is 1. The van der Waals surface area contributed by atoms with Gasteiger partial charge in [-0.05, 0) is 17.4 Å². The lowest BCUT2D eigenvalue weighted by Crippen LogP contribution is -2.00. The van der Waals surface area contributed by atoms with E-state index in [1.807, 2.05) is 30.3 Å². The van der Waals surface area contributed by atoms with Crippen molar-refractivity contribution in [1.82, 2.24) is 0 Å². The van der Waals surface area contributed by atoms with Crippen LogP contribution in [0.1, 0.15) is 38.9 Å². The van der Waals surface area contributed by atoms with Crippen molar-refractivity contribution >= 4 is 0 Å². The molecule has 0 saturated carbocycles. The molecule has 0 heterocycles. The molecule has 0 spiro atoms. The van der Waals surface area contributed by atoms with Crippen molar-refractivity contribution in [1.29, 1.82) is 0 Å². The monoisotopic (exact) mass is 204 g/mol. The highest BCUT2D eigenvalue weighted by molar-refractivity contribution is 5.18. The van der Waals surface area contributed by atoms with E-state index in [2.05, 4.69) is 32.9 Å². The van der Waals surface area contributed by atoms with E-state index in [0.717, 1.165) is 5.56 Å². The molecule has 0 bridgehead atoms. The summed E-state index contributed by atoms with van der Waals surface area (Å²) >= 11 is 0. The fourth-order valence-corrected chi connectivity index (χ4v) is 1.36. The maximum Gasteiger partial charge on any atom is 0.0824 e. The molecule has 0 fully saturated rings. The molecular weight excluding hydrogens is 184 g/mol. The first-order valence-electron chi connectivity index (χ1n) is 5.40. The van der Waals surface area contributed by atoms with Gasteiger partial charge in [0.05, 0.1) is 6.10 Å². The predicted octanol–water partition coefficient (Wildman–Crippen LogP) is 3.71. The van der Waals surface area contributed by atoms with Crippen molar-refractivity contribution in [3.63, 3.8) is 0 Å². The lowest BCUT2D eigenvalue weighted by molar-refractivity contribution is 0.181. The summed E-state index contributed by atoms with van der Waals surface area (Å²) in [6.45, 7) is 6.45. The van der Waals surface area contributed by atoms with Gasteiger partial charge in [-0.15, -0.1) is 0 Å². The zero-order valence-corrected chi connectivity index (χ0v) is 9.77. The topological polar surface area (TPSA) is 20.2 Å². The van der Waals surface area contributed by atoms with Crippen molar-refractivity contribution in [2.75, 3.05) is 0 Å². The van der Waals surface area contributed by atoms with Crippen LogP contribution in [0.15, 0.2) is 42.5 Å². The Labute approximate surface area is 92.5 Å². The van der Waals surface area contributed by atoms with Crippen LogP contribution in [0.25, 0.3) is 0 Å². The molecule has 1 rings (SSSR count). The Balaban J connectivity index is 2.51. The number of aliphatic hydroxyl groups excluding tert-OH is 1.